The van der Waals surface area contributed by atoms with Crippen LogP contribution in [0.5, 0.6) is 5.75 Å². The van der Waals surface area contributed by atoms with E-state index in [1.807, 2.05) is 37.3 Å². The lowest BCUT2D eigenvalue weighted by Gasteiger charge is -2.07. The highest BCUT2D eigenvalue weighted by molar-refractivity contribution is 5.99. The lowest BCUT2D eigenvalue weighted by molar-refractivity contribution is -0.123. The minimum absolute atomic E-state index is 0.0618. The topological polar surface area (TPSA) is 50.7 Å². The molecule has 2 rings (SSSR count). The molecule has 0 saturated heterocycles. The molecule has 0 unspecified atom stereocenters. The molecule has 0 aromatic heterocycles. The van der Waals surface area contributed by atoms with Gasteiger partial charge in [-0.05, 0) is 55.7 Å². The molecule has 1 amide bonds. The van der Waals surface area contributed by atoms with Crippen molar-refractivity contribution in [1.82, 2.24) is 5.43 Å². The molecule has 4 nitrogen and oxygen atoms in total. The Kier molecular flexibility index (Phi) is 5.31. The van der Waals surface area contributed by atoms with Crippen LogP contribution >= 0.6 is 0 Å². The predicted molar refractivity (Wildman–Crippen MR) is 88.2 cm³/mol. The van der Waals surface area contributed by atoms with E-state index in [4.69, 9.17) is 4.74 Å². The summed E-state index contributed by atoms with van der Waals surface area (Å²) in [4.78, 5) is 11.7. The van der Waals surface area contributed by atoms with Crippen molar-refractivity contribution >= 4 is 11.6 Å². The van der Waals surface area contributed by atoms with Gasteiger partial charge in [-0.3, -0.25) is 4.79 Å². The fraction of sp³-hybridized carbons (Fsp3) is 0.222. The van der Waals surface area contributed by atoms with Crippen molar-refractivity contribution in [3.63, 3.8) is 0 Å². The first-order valence-corrected chi connectivity index (χ1v) is 7.15. The summed E-state index contributed by atoms with van der Waals surface area (Å²) >= 11 is 0. The summed E-state index contributed by atoms with van der Waals surface area (Å²) < 4.78 is 5.36. The van der Waals surface area contributed by atoms with Crippen molar-refractivity contribution in [3.05, 3.63) is 65.2 Å². The number of nitrogens with zero attached hydrogens (tertiary/aromatic N) is 1. The van der Waals surface area contributed by atoms with Gasteiger partial charge in [0.1, 0.15) is 5.75 Å². The van der Waals surface area contributed by atoms with Crippen LogP contribution in [0.25, 0.3) is 0 Å². The van der Waals surface area contributed by atoms with E-state index in [0.717, 1.165) is 11.3 Å². The summed E-state index contributed by atoms with van der Waals surface area (Å²) in [6.45, 7) is 5.92. The summed E-state index contributed by atoms with van der Waals surface area (Å²) in [5.74, 6) is 0.375. The van der Waals surface area contributed by atoms with E-state index in [1.165, 1.54) is 11.1 Å². The Hall–Kier alpha value is -2.62. The maximum Gasteiger partial charge on any atom is 0.277 e. The SMILES string of the molecule is CC(=NNC(=O)COc1ccccc1)c1ccc(C)c(C)c1. The van der Waals surface area contributed by atoms with Gasteiger partial charge >= 0.3 is 0 Å². The molecule has 0 aliphatic rings. The molecule has 0 fully saturated rings. The number of amides is 1. The minimum Gasteiger partial charge on any atom is -0.484 e. The lowest BCUT2D eigenvalue weighted by Crippen LogP contribution is -2.25. The number of nitrogens with one attached hydrogen (secondary N) is 1. The first kappa shape index (κ1) is 15.8. The quantitative estimate of drug-likeness (QED) is 0.680. The number of benzene rings is 2. The molecule has 0 radical (unpaired) electrons. The predicted octanol–water partition coefficient (Wildman–Crippen LogP) is 3.22. The van der Waals surface area contributed by atoms with Crippen molar-refractivity contribution in [3.8, 4) is 5.75 Å². The Morgan fingerprint density at radius 2 is 1.82 bits per heavy atom. The maximum absolute atomic E-state index is 11.7. The van der Waals surface area contributed by atoms with Gasteiger partial charge in [-0.1, -0.05) is 30.3 Å². The Bertz CT molecular complexity index is 679. The van der Waals surface area contributed by atoms with Crippen LogP contribution in [0.2, 0.25) is 0 Å². The number of hydrogen-bond donors (Lipinski definition) is 1. The summed E-state index contributed by atoms with van der Waals surface area (Å²) in [5.41, 5.74) is 6.70. The van der Waals surface area contributed by atoms with E-state index in [-0.39, 0.29) is 12.5 Å². The largest absolute Gasteiger partial charge is 0.484 e. The first-order valence-electron chi connectivity index (χ1n) is 7.15. The van der Waals surface area contributed by atoms with Gasteiger partial charge in [0.05, 0.1) is 5.71 Å². The van der Waals surface area contributed by atoms with Crippen molar-refractivity contribution in [2.75, 3.05) is 6.61 Å². The zero-order valence-electron chi connectivity index (χ0n) is 13.1. The van der Waals surface area contributed by atoms with Crippen molar-refractivity contribution in [2.24, 2.45) is 5.10 Å². The number of carbonyl (C=O) groups excluding carboxylic acids is 1. The zero-order chi connectivity index (χ0) is 15.9. The third-order valence-electron chi connectivity index (χ3n) is 3.39. The van der Waals surface area contributed by atoms with Gasteiger partial charge in [-0.25, -0.2) is 5.43 Å². The fourth-order valence-corrected chi connectivity index (χ4v) is 1.88. The third-order valence-corrected chi connectivity index (χ3v) is 3.39. The van der Waals surface area contributed by atoms with Gasteiger partial charge in [0.25, 0.3) is 5.91 Å². The van der Waals surface area contributed by atoms with Gasteiger partial charge < -0.3 is 4.74 Å². The standard InChI is InChI=1S/C18H20N2O2/c1-13-9-10-16(11-14(13)2)15(3)19-20-18(21)12-22-17-7-5-4-6-8-17/h4-11H,12H2,1-3H3,(H,20,21). The van der Waals surface area contributed by atoms with Crippen LogP contribution in [0.1, 0.15) is 23.6 Å². The molecule has 0 atom stereocenters. The highest BCUT2D eigenvalue weighted by Gasteiger charge is 2.03. The van der Waals surface area contributed by atoms with Crippen LogP contribution in [0, 0.1) is 13.8 Å². The molecule has 0 heterocycles. The van der Waals surface area contributed by atoms with E-state index in [0.29, 0.717) is 5.75 Å². The van der Waals surface area contributed by atoms with Gasteiger partial charge in [-0.2, -0.15) is 5.10 Å². The Morgan fingerprint density at radius 1 is 1.09 bits per heavy atom. The van der Waals surface area contributed by atoms with Gasteiger partial charge in [0.15, 0.2) is 6.61 Å². The Balaban J connectivity index is 1.90. The van der Waals surface area contributed by atoms with Crippen LogP contribution in [-0.4, -0.2) is 18.2 Å². The molecule has 4 heteroatoms. The monoisotopic (exact) mass is 296 g/mol. The summed E-state index contributed by atoms with van der Waals surface area (Å²) in [6, 6.07) is 15.3. The van der Waals surface area contributed by atoms with Crippen LogP contribution in [-0.2, 0) is 4.79 Å². The molecule has 0 spiro atoms. The first-order chi connectivity index (χ1) is 10.6. The molecule has 1 N–H and O–H groups in total. The fourth-order valence-electron chi connectivity index (χ4n) is 1.88. The maximum atomic E-state index is 11.7. The summed E-state index contributed by atoms with van der Waals surface area (Å²) in [6.07, 6.45) is 0. The van der Waals surface area contributed by atoms with E-state index >= 15 is 0 Å². The molecule has 114 valence electrons. The number of hydrogen-bond acceptors (Lipinski definition) is 3. The number of carbonyl (C=O) groups is 1. The number of aryl methyl sites for hydroxylation is 2. The van der Waals surface area contributed by atoms with Crippen LogP contribution in [0.4, 0.5) is 0 Å². The third kappa shape index (κ3) is 4.45. The van der Waals surface area contributed by atoms with E-state index < -0.39 is 0 Å². The van der Waals surface area contributed by atoms with Crippen LogP contribution in [0.3, 0.4) is 0 Å². The van der Waals surface area contributed by atoms with Crippen molar-refractivity contribution in [2.45, 2.75) is 20.8 Å². The minimum atomic E-state index is -0.285. The van der Waals surface area contributed by atoms with Crippen molar-refractivity contribution in [1.29, 1.82) is 0 Å². The Labute approximate surface area is 130 Å². The molecule has 0 bridgehead atoms. The zero-order valence-corrected chi connectivity index (χ0v) is 13.1. The average molecular weight is 296 g/mol. The van der Waals surface area contributed by atoms with E-state index in [1.54, 1.807) is 12.1 Å². The number of hydrazone groups is 1. The lowest BCUT2D eigenvalue weighted by atomic mass is 10.0. The molecular formula is C18H20N2O2. The second-order valence-corrected chi connectivity index (χ2v) is 5.13. The molecule has 0 aliphatic carbocycles. The number of rotatable bonds is 5. The van der Waals surface area contributed by atoms with E-state index in [9.17, 15) is 4.79 Å². The molecule has 0 aliphatic heterocycles. The van der Waals surface area contributed by atoms with E-state index in [2.05, 4.69) is 30.4 Å². The Morgan fingerprint density at radius 3 is 2.50 bits per heavy atom. The summed E-state index contributed by atoms with van der Waals surface area (Å²) in [5, 5.41) is 4.11. The van der Waals surface area contributed by atoms with Crippen LogP contribution < -0.4 is 10.2 Å². The molecular weight excluding hydrogens is 276 g/mol. The molecule has 2 aromatic rings. The second-order valence-electron chi connectivity index (χ2n) is 5.13. The van der Waals surface area contributed by atoms with Crippen molar-refractivity contribution < 1.29 is 9.53 Å². The number of para-hydroxylation sites is 1. The highest BCUT2D eigenvalue weighted by Crippen LogP contribution is 2.10. The summed E-state index contributed by atoms with van der Waals surface area (Å²) in [7, 11) is 0. The van der Waals surface area contributed by atoms with Gasteiger partial charge in [0.2, 0.25) is 0 Å². The van der Waals surface area contributed by atoms with Crippen LogP contribution in [0.15, 0.2) is 53.6 Å². The highest BCUT2D eigenvalue weighted by atomic mass is 16.5. The molecule has 22 heavy (non-hydrogen) atoms. The molecule has 0 saturated carbocycles. The smallest absolute Gasteiger partial charge is 0.277 e. The van der Waals surface area contributed by atoms with Gasteiger partial charge in [-0.15, -0.1) is 0 Å². The number of ether oxygens (including phenoxy) is 1. The normalized spacial score (nSPS) is 11.1. The van der Waals surface area contributed by atoms with Gasteiger partial charge in [0, 0.05) is 0 Å². The average Bonchev–Trinajstić information content (AvgIpc) is 2.54. The second kappa shape index (κ2) is 7.41. The molecule has 2 aromatic carbocycles.